The van der Waals surface area contributed by atoms with Crippen LogP contribution in [0.15, 0.2) is 30.5 Å². The van der Waals surface area contributed by atoms with Crippen LogP contribution in [0.2, 0.25) is 0 Å². The molecule has 2 heterocycles. The summed E-state index contributed by atoms with van der Waals surface area (Å²) in [5.74, 6) is 1.46. The number of piperidine rings is 1. The number of aliphatic hydroxyl groups is 1. The first-order valence-electron chi connectivity index (χ1n) is 11.2. The lowest BCUT2D eigenvalue weighted by Gasteiger charge is -2.42. The SMILES string of the molecule is CCCCCCN1C[C@@H](O)[C@H](n2cc(C3CC3)nn2)C[C@@H]1c1ccc(OC)cc1. The van der Waals surface area contributed by atoms with Crippen molar-refractivity contribution in [3.8, 4) is 5.75 Å². The number of aliphatic hydroxyl groups excluding tert-OH is 1. The van der Waals surface area contributed by atoms with Crippen molar-refractivity contribution in [2.75, 3.05) is 20.2 Å². The summed E-state index contributed by atoms with van der Waals surface area (Å²) in [5, 5.41) is 19.7. The molecule has 1 saturated carbocycles. The molecule has 0 spiro atoms. The first kappa shape index (κ1) is 20.4. The zero-order valence-electron chi connectivity index (χ0n) is 17.7. The highest BCUT2D eigenvalue weighted by atomic mass is 16.5. The van der Waals surface area contributed by atoms with Crippen molar-refractivity contribution in [3.05, 3.63) is 41.7 Å². The summed E-state index contributed by atoms with van der Waals surface area (Å²) in [5.41, 5.74) is 2.36. The first-order chi connectivity index (χ1) is 14.2. The fourth-order valence-electron chi connectivity index (χ4n) is 4.49. The zero-order valence-corrected chi connectivity index (χ0v) is 17.7. The van der Waals surface area contributed by atoms with Crippen LogP contribution in [0.4, 0.5) is 0 Å². The Morgan fingerprint density at radius 1 is 1.14 bits per heavy atom. The van der Waals surface area contributed by atoms with E-state index in [1.165, 1.54) is 44.1 Å². The highest BCUT2D eigenvalue weighted by Gasteiger charge is 2.37. The Kier molecular flexibility index (Phi) is 6.50. The average molecular weight is 399 g/mol. The minimum absolute atomic E-state index is 0.0333. The second-order valence-electron chi connectivity index (χ2n) is 8.61. The Morgan fingerprint density at radius 3 is 2.62 bits per heavy atom. The van der Waals surface area contributed by atoms with Gasteiger partial charge in [-0.25, -0.2) is 4.68 Å². The topological polar surface area (TPSA) is 63.4 Å². The Morgan fingerprint density at radius 2 is 1.93 bits per heavy atom. The van der Waals surface area contributed by atoms with Crippen molar-refractivity contribution in [1.82, 2.24) is 19.9 Å². The molecule has 4 rings (SSSR count). The maximum atomic E-state index is 11.0. The molecule has 0 amide bonds. The van der Waals surface area contributed by atoms with Crippen LogP contribution in [-0.2, 0) is 0 Å². The Hall–Kier alpha value is -1.92. The van der Waals surface area contributed by atoms with Crippen LogP contribution in [0.3, 0.4) is 0 Å². The smallest absolute Gasteiger partial charge is 0.118 e. The molecule has 0 bridgehead atoms. The second-order valence-corrected chi connectivity index (χ2v) is 8.61. The number of likely N-dealkylation sites (tertiary alicyclic amines) is 1. The molecule has 3 atom stereocenters. The maximum absolute atomic E-state index is 11.0. The molecule has 2 aromatic rings. The number of aromatic nitrogens is 3. The molecular formula is C23H34N4O2. The fourth-order valence-corrected chi connectivity index (χ4v) is 4.49. The van der Waals surface area contributed by atoms with Gasteiger partial charge in [0.1, 0.15) is 5.75 Å². The van der Waals surface area contributed by atoms with Gasteiger partial charge in [-0.2, -0.15) is 0 Å². The number of unbranched alkanes of at least 4 members (excludes halogenated alkanes) is 3. The van der Waals surface area contributed by atoms with E-state index in [0.717, 1.165) is 24.4 Å². The standard InChI is InChI=1S/C23H34N4O2/c1-3-4-5-6-13-26-16-23(28)22(27-15-20(24-25-27)17-7-8-17)14-21(26)18-9-11-19(29-2)12-10-18/h9-12,15,17,21-23,28H,3-8,13-14,16H2,1-2H3/t21-,22-,23-/m1/s1. The van der Waals surface area contributed by atoms with Crippen LogP contribution in [0, 0.1) is 0 Å². The third-order valence-electron chi connectivity index (χ3n) is 6.43. The third-order valence-corrected chi connectivity index (χ3v) is 6.43. The summed E-state index contributed by atoms with van der Waals surface area (Å²) in [6.45, 7) is 3.93. The lowest BCUT2D eigenvalue weighted by atomic mass is 9.89. The van der Waals surface area contributed by atoms with Crippen LogP contribution < -0.4 is 4.74 Å². The number of methoxy groups -OCH3 is 1. The number of benzene rings is 1. The van der Waals surface area contributed by atoms with E-state index < -0.39 is 6.10 Å². The fraction of sp³-hybridized carbons (Fsp3) is 0.652. The van der Waals surface area contributed by atoms with Gasteiger partial charge >= 0.3 is 0 Å². The second kappa shape index (κ2) is 9.26. The summed E-state index contributed by atoms with van der Waals surface area (Å²) in [6.07, 6.45) is 9.84. The van der Waals surface area contributed by atoms with E-state index in [1.807, 2.05) is 16.8 Å². The van der Waals surface area contributed by atoms with Crippen LogP contribution in [0.25, 0.3) is 0 Å². The molecule has 0 unspecified atom stereocenters. The van der Waals surface area contributed by atoms with Crippen LogP contribution in [0.5, 0.6) is 5.75 Å². The lowest BCUT2D eigenvalue weighted by molar-refractivity contribution is -0.0102. The molecule has 6 heteroatoms. The first-order valence-corrected chi connectivity index (χ1v) is 11.2. The minimum atomic E-state index is -0.426. The molecular weight excluding hydrogens is 364 g/mol. The Labute approximate surface area is 173 Å². The van der Waals surface area contributed by atoms with Gasteiger partial charge in [0.25, 0.3) is 0 Å². The monoisotopic (exact) mass is 398 g/mol. The molecule has 1 aliphatic heterocycles. The van der Waals surface area contributed by atoms with Gasteiger partial charge < -0.3 is 9.84 Å². The molecule has 1 aromatic carbocycles. The molecule has 6 nitrogen and oxygen atoms in total. The van der Waals surface area contributed by atoms with E-state index in [-0.39, 0.29) is 12.1 Å². The minimum Gasteiger partial charge on any atom is -0.497 e. The van der Waals surface area contributed by atoms with Crippen molar-refractivity contribution in [2.45, 2.75) is 76.0 Å². The van der Waals surface area contributed by atoms with Gasteiger partial charge in [-0.05, 0) is 49.9 Å². The van der Waals surface area contributed by atoms with E-state index in [9.17, 15) is 5.11 Å². The van der Waals surface area contributed by atoms with E-state index >= 15 is 0 Å². The van der Waals surface area contributed by atoms with Gasteiger partial charge in [-0.3, -0.25) is 4.90 Å². The van der Waals surface area contributed by atoms with Crippen molar-refractivity contribution < 1.29 is 9.84 Å². The highest BCUT2D eigenvalue weighted by Crippen LogP contribution is 2.41. The van der Waals surface area contributed by atoms with Gasteiger partial charge in [0, 0.05) is 24.7 Å². The third kappa shape index (κ3) is 4.81. The molecule has 1 aromatic heterocycles. The van der Waals surface area contributed by atoms with Gasteiger partial charge in [-0.15, -0.1) is 5.10 Å². The zero-order chi connectivity index (χ0) is 20.2. The van der Waals surface area contributed by atoms with Gasteiger partial charge in [0.15, 0.2) is 0 Å². The molecule has 1 N–H and O–H groups in total. The van der Waals surface area contributed by atoms with Gasteiger partial charge in [-0.1, -0.05) is 43.5 Å². The number of nitrogens with zero attached hydrogens (tertiary/aromatic N) is 4. The van der Waals surface area contributed by atoms with Crippen molar-refractivity contribution >= 4 is 0 Å². The van der Waals surface area contributed by atoms with E-state index in [2.05, 4.69) is 40.5 Å². The molecule has 0 radical (unpaired) electrons. The van der Waals surface area contributed by atoms with Crippen molar-refractivity contribution in [2.24, 2.45) is 0 Å². The maximum Gasteiger partial charge on any atom is 0.118 e. The summed E-state index contributed by atoms with van der Waals surface area (Å²) in [4.78, 5) is 2.46. The summed E-state index contributed by atoms with van der Waals surface area (Å²) >= 11 is 0. The number of hydrogen-bond donors (Lipinski definition) is 1. The van der Waals surface area contributed by atoms with Crippen molar-refractivity contribution in [1.29, 1.82) is 0 Å². The van der Waals surface area contributed by atoms with E-state index in [1.54, 1.807) is 7.11 Å². The Bertz CT molecular complexity index is 771. The molecule has 1 aliphatic carbocycles. The van der Waals surface area contributed by atoms with E-state index in [0.29, 0.717) is 12.5 Å². The highest BCUT2D eigenvalue weighted by molar-refractivity contribution is 5.29. The van der Waals surface area contributed by atoms with Crippen LogP contribution in [0.1, 0.15) is 81.1 Å². The Balaban J connectivity index is 1.52. The van der Waals surface area contributed by atoms with E-state index in [4.69, 9.17) is 4.74 Å². The number of ether oxygens (including phenoxy) is 1. The average Bonchev–Trinajstić information content (AvgIpc) is 3.49. The number of β-amino-alcohol motifs (C(OH)–C–C–N with tert-alkyl or cyclic N) is 1. The van der Waals surface area contributed by atoms with Gasteiger partial charge in [0.05, 0.1) is 24.9 Å². The van der Waals surface area contributed by atoms with Crippen LogP contribution >= 0.6 is 0 Å². The normalized spacial score (nSPS) is 25.3. The van der Waals surface area contributed by atoms with Gasteiger partial charge in [0.2, 0.25) is 0 Å². The summed E-state index contributed by atoms with van der Waals surface area (Å²) in [6, 6.07) is 8.62. The molecule has 29 heavy (non-hydrogen) atoms. The molecule has 158 valence electrons. The van der Waals surface area contributed by atoms with Crippen LogP contribution in [-0.4, -0.2) is 51.3 Å². The molecule has 2 aliphatic rings. The largest absolute Gasteiger partial charge is 0.497 e. The predicted octanol–water partition coefficient (Wildman–Crippen LogP) is 4.09. The number of rotatable bonds is 9. The summed E-state index contributed by atoms with van der Waals surface area (Å²) in [7, 11) is 1.70. The summed E-state index contributed by atoms with van der Waals surface area (Å²) < 4.78 is 7.26. The van der Waals surface area contributed by atoms with Crippen molar-refractivity contribution in [3.63, 3.8) is 0 Å². The molecule has 2 fully saturated rings. The lowest BCUT2D eigenvalue weighted by Crippen LogP contribution is -2.46. The quantitative estimate of drug-likeness (QED) is 0.645. The molecule has 1 saturated heterocycles. The number of hydrogen-bond acceptors (Lipinski definition) is 5. The predicted molar refractivity (Wildman–Crippen MR) is 113 cm³/mol.